The van der Waals surface area contributed by atoms with Gasteiger partial charge in [-0.3, -0.25) is 0 Å². The van der Waals surface area contributed by atoms with Crippen molar-refractivity contribution in [2.24, 2.45) is 5.73 Å². The molecule has 70 valence electrons. The van der Waals surface area contributed by atoms with E-state index in [9.17, 15) is 0 Å². The van der Waals surface area contributed by atoms with Crippen LogP contribution in [0.4, 0.5) is 0 Å². The number of ether oxygens (including phenoxy) is 1. The Bertz CT molecular complexity index is 341. The quantitative estimate of drug-likeness (QED) is 0.679. The first-order valence-electron chi connectivity index (χ1n) is 4.06. The van der Waals surface area contributed by atoms with Crippen molar-refractivity contribution in [3.63, 3.8) is 0 Å². The number of benzene rings is 1. The zero-order valence-corrected chi connectivity index (χ0v) is 11.2. The summed E-state index contributed by atoms with van der Waals surface area (Å²) in [6.45, 7) is 0.740. The molecule has 0 fully saturated rings. The molecule has 13 heavy (non-hydrogen) atoms. The maximum Gasteiger partial charge on any atom is 0.138 e. The summed E-state index contributed by atoms with van der Waals surface area (Å²) >= 11 is 4.60. The van der Waals surface area contributed by atoms with Crippen LogP contribution in [-0.2, 0) is 0 Å². The highest BCUT2D eigenvalue weighted by Crippen LogP contribution is 2.37. The highest BCUT2D eigenvalue weighted by Gasteiger charge is 2.22. The van der Waals surface area contributed by atoms with Crippen LogP contribution in [0, 0.1) is 7.14 Å². The second kappa shape index (κ2) is 3.90. The molecule has 0 amide bonds. The van der Waals surface area contributed by atoms with Crippen molar-refractivity contribution >= 4 is 45.2 Å². The highest BCUT2D eigenvalue weighted by atomic mass is 127. The first-order valence-corrected chi connectivity index (χ1v) is 6.22. The molecule has 0 saturated heterocycles. The molecule has 1 atom stereocenters. The van der Waals surface area contributed by atoms with E-state index in [1.807, 2.05) is 0 Å². The third-order valence-corrected chi connectivity index (χ3v) is 3.93. The van der Waals surface area contributed by atoms with Gasteiger partial charge in [-0.2, -0.15) is 0 Å². The van der Waals surface area contributed by atoms with Crippen molar-refractivity contribution in [1.29, 1.82) is 0 Å². The van der Waals surface area contributed by atoms with E-state index in [1.165, 1.54) is 9.13 Å². The lowest BCUT2D eigenvalue weighted by atomic mass is 10.0. The highest BCUT2D eigenvalue weighted by molar-refractivity contribution is 14.1. The Morgan fingerprint density at radius 3 is 2.69 bits per heavy atom. The van der Waals surface area contributed by atoms with Crippen LogP contribution >= 0.6 is 45.2 Å². The SMILES string of the molecule is N[C@H]1CCOc2c(I)ccc(I)c21. The molecule has 0 aliphatic carbocycles. The lowest BCUT2D eigenvalue weighted by Gasteiger charge is -2.25. The van der Waals surface area contributed by atoms with Gasteiger partial charge in [0.1, 0.15) is 5.75 Å². The van der Waals surface area contributed by atoms with Crippen LogP contribution in [0.3, 0.4) is 0 Å². The number of halogens is 2. The van der Waals surface area contributed by atoms with Crippen molar-refractivity contribution < 1.29 is 4.74 Å². The fourth-order valence-electron chi connectivity index (χ4n) is 1.47. The Morgan fingerprint density at radius 2 is 2.00 bits per heavy atom. The van der Waals surface area contributed by atoms with Gasteiger partial charge in [-0.05, 0) is 57.3 Å². The van der Waals surface area contributed by atoms with E-state index in [2.05, 4.69) is 57.3 Å². The summed E-state index contributed by atoms with van der Waals surface area (Å²) in [6.07, 6.45) is 0.920. The van der Waals surface area contributed by atoms with Gasteiger partial charge in [0.2, 0.25) is 0 Å². The van der Waals surface area contributed by atoms with Crippen LogP contribution in [0.5, 0.6) is 5.75 Å². The molecule has 2 rings (SSSR count). The van der Waals surface area contributed by atoms with E-state index < -0.39 is 0 Å². The molecule has 1 aliphatic rings. The lowest BCUT2D eigenvalue weighted by molar-refractivity contribution is 0.266. The Balaban J connectivity index is 2.60. The van der Waals surface area contributed by atoms with E-state index in [0.29, 0.717) is 0 Å². The number of fused-ring (bicyclic) bond motifs is 1. The minimum absolute atomic E-state index is 0.144. The zero-order valence-electron chi connectivity index (χ0n) is 6.89. The standard InChI is InChI=1S/C9H9I2NO/c10-5-1-2-6(11)9-8(5)7(12)3-4-13-9/h1-2,7H,3-4,12H2/t7-/m0/s1. The summed E-state index contributed by atoms with van der Waals surface area (Å²) in [5, 5.41) is 0. The van der Waals surface area contributed by atoms with Crippen LogP contribution < -0.4 is 10.5 Å². The summed E-state index contributed by atoms with van der Waals surface area (Å²) in [5.41, 5.74) is 7.21. The maximum absolute atomic E-state index is 6.03. The summed E-state index contributed by atoms with van der Waals surface area (Å²) in [6, 6.07) is 4.31. The van der Waals surface area contributed by atoms with Gasteiger partial charge in [0.15, 0.2) is 0 Å². The lowest BCUT2D eigenvalue weighted by Crippen LogP contribution is -2.22. The van der Waals surface area contributed by atoms with Crippen LogP contribution in [0.25, 0.3) is 0 Å². The molecular formula is C9H9I2NO. The Morgan fingerprint density at radius 1 is 1.31 bits per heavy atom. The minimum Gasteiger partial charge on any atom is -0.492 e. The van der Waals surface area contributed by atoms with E-state index in [-0.39, 0.29) is 6.04 Å². The molecule has 0 bridgehead atoms. The van der Waals surface area contributed by atoms with Crippen molar-refractivity contribution in [2.75, 3.05) is 6.61 Å². The number of rotatable bonds is 0. The van der Waals surface area contributed by atoms with Crippen molar-refractivity contribution in [3.05, 3.63) is 24.8 Å². The van der Waals surface area contributed by atoms with Gasteiger partial charge in [0.25, 0.3) is 0 Å². The molecular weight excluding hydrogens is 392 g/mol. The molecule has 0 saturated carbocycles. The Labute approximate surface area is 104 Å². The summed E-state index contributed by atoms with van der Waals surface area (Å²) in [5.74, 6) is 0.992. The maximum atomic E-state index is 6.03. The Hall–Kier alpha value is 0.440. The molecule has 4 heteroatoms. The van der Waals surface area contributed by atoms with E-state index in [1.54, 1.807) is 0 Å². The van der Waals surface area contributed by atoms with Gasteiger partial charge in [-0.1, -0.05) is 0 Å². The van der Waals surface area contributed by atoms with Gasteiger partial charge in [0.05, 0.1) is 10.2 Å². The van der Waals surface area contributed by atoms with Crippen LogP contribution in [0.2, 0.25) is 0 Å². The van der Waals surface area contributed by atoms with E-state index >= 15 is 0 Å². The molecule has 2 N–H and O–H groups in total. The summed E-state index contributed by atoms with van der Waals surface area (Å²) in [7, 11) is 0. The van der Waals surface area contributed by atoms with E-state index in [0.717, 1.165) is 22.3 Å². The third kappa shape index (κ3) is 1.80. The van der Waals surface area contributed by atoms with E-state index in [4.69, 9.17) is 10.5 Å². The fraction of sp³-hybridized carbons (Fsp3) is 0.333. The monoisotopic (exact) mass is 401 g/mol. The second-order valence-electron chi connectivity index (χ2n) is 3.02. The Kier molecular flexibility index (Phi) is 2.99. The molecule has 0 aromatic heterocycles. The molecule has 0 spiro atoms. The molecule has 1 aliphatic heterocycles. The largest absolute Gasteiger partial charge is 0.492 e. The molecule has 1 aromatic rings. The second-order valence-corrected chi connectivity index (χ2v) is 5.34. The molecule has 1 aromatic carbocycles. The fourth-order valence-corrected chi connectivity index (χ4v) is 2.92. The number of nitrogens with two attached hydrogens (primary N) is 1. The minimum atomic E-state index is 0.144. The third-order valence-electron chi connectivity index (χ3n) is 2.14. The van der Waals surface area contributed by atoms with Gasteiger partial charge in [-0.25, -0.2) is 0 Å². The predicted octanol–water partition coefficient (Wildman–Crippen LogP) is 2.68. The molecule has 0 unspecified atom stereocenters. The first-order chi connectivity index (χ1) is 6.20. The summed E-state index contributed by atoms with van der Waals surface area (Å²) in [4.78, 5) is 0. The van der Waals surface area contributed by atoms with Crippen LogP contribution in [0.1, 0.15) is 18.0 Å². The molecule has 0 radical (unpaired) electrons. The van der Waals surface area contributed by atoms with Gasteiger partial charge in [0, 0.05) is 21.6 Å². The van der Waals surface area contributed by atoms with Gasteiger partial charge in [-0.15, -0.1) is 0 Å². The predicted molar refractivity (Wildman–Crippen MR) is 68.9 cm³/mol. The van der Waals surface area contributed by atoms with Crippen molar-refractivity contribution in [2.45, 2.75) is 12.5 Å². The van der Waals surface area contributed by atoms with Gasteiger partial charge >= 0.3 is 0 Å². The molecule has 1 heterocycles. The topological polar surface area (TPSA) is 35.2 Å². The average Bonchev–Trinajstić information content (AvgIpc) is 2.12. The first kappa shape index (κ1) is 9.97. The van der Waals surface area contributed by atoms with Crippen LogP contribution in [0.15, 0.2) is 12.1 Å². The zero-order chi connectivity index (χ0) is 9.42. The molecule has 2 nitrogen and oxygen atoms in total. The number of hydrogen-bond acceptors (Lipinski definition) is 2. The smallest absolute Gasteiger partial charge is 0.138 e. The number of hydrogen-bond donors (Lipinski definition) is 1. The van der Waals surface area contributed by atoms with Crippen molar-refractivity contribution in [3.8, 4) is 5.75 Å². The van der Waals surface area contributed by atoms with Crippen molar-refractivity contribution in [1.82, 2.24) is 0 Å². The average molecular weight is 401 g/mol. The normalized spacial score (nSPS) is 20.7. The summed E-state index contributed by atoms with van der Waals surface area (Å²) < 4.78 is 7.98. The van der Waals surface area contributed by atoms with Crippen LogP contribution in [-0.4, -0.2) is 6.61 Å². The van der Waals surface area contributed by atoms with Gasteiger partial charge < -0.3 is 10.5 Å².